The average molecular weight is 262 g/mol. The molecule has 18 heavy (non-hydrogen) atoms. The van der Waals surface area contributed by atoms with Gasteiger partial charge in [0.25, 0.3) is 5.69 Å². The van der Waals surface area contributed by atoms with Gasteiger partial charge >= 0.3 is 6.18 Å². The number of nitrogens with zero attached hydrogens (tertiary/aromatic N) is 1. The molecule has 2 rings (SSSR count). The highest BCUT2D eigenvalue weighted by Crippen LogP contribution is 2.35. The number of benzene rings is 1. The van der Waals surface area contributed by atoms with Crippen molar-refractivity contribution in [3.05, 3.63) is 33.9 Å². The van der Waals surface area contributed by atoms with E-state index in [0.29, 0.717) is 19.3 Å². The van der Waals surface area contributed by atoms with E-state index in [9.17, 15) is 23.3 Å². The van der Waals surface area contributed by atoms with Crippen molar-refractivity contribution in [2.75, 3.05) is 18.5 Å². The third-order valence-corrected chi connectivity index (χ3v) is 2.52. The molecule has 1 fully saturated rings. The summed E-state index contributed by atoms with van der Waals surface area (Å²) >= 11 is 0. The molecule has 0 aromatic heterocycles. The van der Waals surface area contributed by atoms with Crippen LogP contribution in [0.4, 0.5) is 24.5 Å². The Morgan fingerprint density at radius 1 is 1.39 bits per heavy atom. The van der Waals surface area contributed by atoms with Gasteiger partial charge in [0.2, 0.25) is 0 Å². The Morgan fingerprint density at radius 3 is 2.50 bits per heavy atom. The Hall–Kier alpha value is -1.83. The van der Waals surface area contributed by atoms with Crippen LogP contribution in [0.5, 0.6) is 0 Å². The number of nitrogens with one attached hydrogen (secondary N) is 1. The van der Waals surface area contributed by atoms with Crippen molar-refractivity contribution >= 4 is 11.4 Å². The van der Waals surface area contributed by atoms with Gasteiger partial charge in [-0.1, -0.05) is 0 Å². The van der Waals surface area contributed by atoms with Gasteiger partial charge < -0.3 is 10.1 Å². The summed E-state index contributed by atoms with van der Waals surface area (Å²) in [5.74, 6) is 0. The minimum Gasteiger partial charge on any atom is -0.377 e. The van der Waals surface area contributed by atoms with Crippen LogP contribution in [0.3, 0.4) is 0 Å². The smallest absolute Gasteiger partial charge is 0.377 e. The lowest BCUT2D eigenvalue weighted by Crippen LogP contribution is -2.40. The van der Waals surface area contributed by atoms with Gasteiger partial charge in [0, 0.05) is 6.07 Å². The molecule has 5 nitrogen and oxygen atoms in total. The van der Waals surface area contributed by atoms with Gasteiger partial charge in [-0.3, -0.25) is 10.1 Å². The molecule has 0 amide bonds. The van der Waals surface area contributed by atoms with Gasteiger partial charge in [-0.05, 0) is 12.1 Å². The van der Waals surface area contributed by atoms with E-state index < -0.39 is 22.4 Å². The fourth-order valence-corrected chi connectivity index (χ4v) is 1.52. The van der Waals surface area contributed by atoms with Crippen LogP contribution in [0.25, 0.3) is 0 Å². The van der Waals surface area contributed by atoms with Crippen LogP contribution in [0, 0.1) is 10.1 Å². The van der Waals surface area contributed by atoms with Crippen LogP contribution in [0.1, 0.15) is 5.56 Å². The monoisotopic (exact) mass is 262 g/mol. The number of nitro groups is 1. The summed E-state index contributed by atoms with van der Waals surface area (Å²) < 4.78 is 42.2. The van der Waals surface area contributed by atoms with E-state index in [-0.39, 0.29) is 11.7 Å². The number of hydrogen-bond acceptors (Lipinski definition) is 4. The number of hydrogen-bond donors (Lipinski definition) is 1. The molecule has 1 saturated heterocycles. The Balaban J connectivity index is 2.31. The van der Waals surface area contributed by atoms with Crippen LogP contribution >= 0.6 is 0 Å². The van der Waals surface area contributed by atoms with Crippen LogP contribution in [-0.2, 0) is 10.9 Å². The van der Waals surface area contributed by atoms with E-state index >= 15 is 0 Å². The molecule has 1 N–H and O–H groups in total. The van der Waals surface area contributed by atoms with Crippen molar-refractivity contribution in [2.45, 2.75) is 12.2 Å². The zero-order valence-electron chi connectivity index (χ0n) is 9.03. The second kappa shape index (κ2) is 4.45. The minimum absolute atomic E-state index is 0.0706. The standard InChI is InChI=1S/C10H9F3N2O3/c11-10(12,13)6-1-2-8(9(3-6)15(16)17)14-7-4-18-5-7/h1-3,7,14H,4-5H2. The van der Waals surface area contributed by atoms with Crippen LogP contribution < -0.4 is 5.32 Å². The van der Waals surface area contributed by atoms with Gasteiger partial charge in [-0.2, -0.15) is 13.2 Å². The molecule has 0 aliphatic carbocycles. The van der Waals surface area contributed by atoms with E-state index in [1.807, 2.05) is 0 Å². The second-order valence-electron chi connectivity index (χ2n) is 3.87. The van der Waals surface area contributed by atoms with Crippen molar-refractivity contribution in [1.82, 2.24) is 0 Å². The van der Waals surface area contributed by atoms with Crippen molar-refractivity contribution in [3.63, 3.8) is 0 Å². The van der Waals surface area contributed by atoms with E-state index in [1.54, 1.807) is 0 Å². The maximum atomic E-state index is 12.4. The zero-order valence-corrected chi connectivity index (χ0v) is 9.03. The Bertz CT molecular complexity index is 472. The van der Waals surface area contributed by atoms with Gasteiger partial charge in [-0.15, -0.1) is 0 Å². The summed E-state index contributed by atoms with van der Waals surface area (Å²) in [6.45, 7) is 0.774. The van der Waals surface area contributed by atoms with Crippen molar-refractivity contribution in [3.8, 4) is 0 Å². The highest BCUT2D eigenvalue weighted by atomic mass is 19.4. The number of nitro benzene ring substituents is 1. The highest BCUT2D eigenvalue weighted by Gasteiger charge is 2.33. The summed E-state index contributed by atoms with van der Waals surface area (Å²) in [6, 6.07) is 2.32. The molecule has 1 aromatic rings. The summed E-state index contributed by atoms with van der Waals surface area (Å²) in [4.78, 5) is 9.92. The maximum Gasteiger partial charge on any atom is 0.416 e. The normalized spacial score (nSPS) is 16.2. The Labute approximate surface area is 99.7 Å². The third-order valence-electron chi connectivity index (χ3n) is 2.52. The second-order valence-corrected chi connectivity index (χ2v) is 3.87. The van der Waals surface area contributed by atoms with Gasteiger partial charge in [0.1, 0.15) is 5.69 Å². The topological polar surface area (TPSA) is 64.4 Å². The fourth-order valence-electron chi connectivity index (χ4n) is 1.52. The number of alkyl halides is 3. The maximum absolute atomic E-state index is 12.4. The lowest BCUT2D eigenvalue weighted by Gasteiger charge is -2.27. The molecule has 1 heterocycles. The number of ether oxygens (including phenoxy) is 1. The first-order chi connectivity index (χ1) is 8.38. The SMILES string of the molecule is O=[N+]([O-])c1cc(C(F)(F)F)ccc1NC1COC1. The largest absolute Gasteiger partial charge is 0.416 e. The van der Waals surface area contributed by atoms with Gasteiger partial charge in [0.15, 0.2) is 0 Å². The first-order valence-electron chi connectivity index (χ1n) is 5.08. The molecule has 0 bridgehead atoms. The highest BCUT2D eigenvalue weighted by molar-refractivity contribution is 5.63. The Kier molecular flexibility index (Phi) is 3.12. The molecule has 0 atom stereocenters. The summed E-state index contributed by atoms with van der Waals surface area (Å²) in [6.07, 6.45) is -4.59. The first kappa shape index (κ1) is 12.6. The molecular formula is C10H9F3N2O3. The van der Waals surface area contributed by atoms with Crippen LogP contribution in [0.15, 0.2) is 18.2 Å². The predicted octanol–water partition coefficient (Wildman–Crippen LogP) is 2.42. The molecule has 8 heteroatoms. The number of rotatable bonds is 3. The van der Waals surface area contributed by atoms with Crippen molar-refractivity contribution in [1.29, 1.82) is 0 Å². The predicted molar refractivity (Wildman–Crippen MR) is 56.3 cm³/mol. The molecule has 1 aliphatic rings. The summed E-state index contributed by atoms with van der Waals surface area (Å²) in [5, 5.41) is 13.5. The van der Waals surface area contributed by atoms with E-state index in [0.717, 1.165) is 12.1 Å². The fraction of sp³-hybridized carbons (Fsp3) is 0.400. The van der Waals surface area contributed by atoms with Crippen LogP contribution in [0.2, 0.25) is 0 Å². The van der Waals surface area contributed by atoms with E-state index in [4.69, 9.17) is 4.74 Å². The number of halogens is 3. The van der Waals surface area contributed by atoms with Gasteiger partial charge in [-0.25, -0.2) is 0 Å². The average Bonchev–Trinajstić information content (AvgIpc) is 2.21. The molecule has 0 saturated carbocycles. The van der Waals surface area contributed by atoms with E-state index in [1.165, 1.54) is 0 Å². The van der Waals surface area contributed by atoms with Crippen molar-refractivity contribution in [2.24, 2.45) is 0 Å². The van der Waals surface area contributed by atoms with Gasteiger partial charge in [0.05, 0.1) is 29.7 Å². The summed E-state index contributed by atoms with van der Waals surface area (Å²) in [5.41, 5.74) is -1.55. The third kappa shape index (κ3) is 2.53. The quantitative estimate of drug-likeness (QED) is 0.671. The first-order valence-corrected chi connectivity index (χ1v) is 5.08. The summed E-state index contributed by atoms with van der Waals surface area (Å²) in [7, 11) is 0. The lowest BCUT2D eigenvalue weighted by atomic mass is 10.1. The molecule has 0 spiro atoms. The lowest BCUT2D eigenvalue weighted by molar-refractivity contribution is -0.384. The molecule has 1 aliphatic heterocycles. The number of anilines is 1. The van der Waals surface area contributed by atoms with E-state index in [2.05, 4.69) is 5.32 Å². The van der Waals surface area contributed by atoms with Crippen LogP contribution in [-0.4, -0.2) is 24.2 Å². The molecule has 0 radical (unpaired) electrons. The molecule has 98 valence electrons. The molecule has 1 aromatic carbocycles. The molecular weight excluding hydrogens is 253 g/mol. The zero-order chi connectivity index (χ0) is 13.3. The van der Waals surface area contributed by atoms with Crippen molar-refractivity contribution < 1.29 is 22.8 Å². The minimum atomic E-state index is -4.59. The Morgan fingerprint density at radius 2 is 2.06 bits per heavy atom. The molecule has 0 unspecified atom stereocenters.